The number of hydrogen-bond acceptors (Lipinski definition) is 6. The molecular weight excluding hydrogens is 375 g/mol. The smallest absolute Gasteiger partial charge is 0.375 e. The standard InChI is InChI=1S/C14H14F3N5O3S/c1-13(25,14(15,16)17)11-18-4-7(26-11)5-22-10(23)8-9(19-6-20(8)2)21(3)12(22)24/h4,6,25H,5H2,1-3H3. The molecule has 0 aromatic carbocycles. The van der Waals surface area contributed by atoms with E-state index in [9.17, 15) is 27.9 Å². The van der Waals surface area contributed by atoms with Crippen molar-refractivity contribution in [3.63, 3.8) is 0 Å². The van der Waals surface area contributed by atoms with Gasteiger partial charge >= 0.3 is 11.9 Å². The largest absolute Gasteiger partial charge is 0.423 e. The summed E-state index contributed by atoms with van der Waals surface area (Å²) in [6.07, 6.45) is -2.40. The van der Waals surface area contributed by atoms with E-state index in [2.05, 4.69) is 9.97 Å². The molecule has 0 fully saturated rings. The number of aryl methyl sites for hydroxylation is 2. The van der Waals surface area contributed by atoms with Gasteiger partial charge in [0.25, 0.3) is 5.56 Å². The minimum absolute atomic E-state index is 0.194. The summed E-state index contributed by atoms with van der Waals surface area (Å²) >= 11 is 0.585. The summed E-state index contributed by atoms with van der Waals surface area (Å²) in [4.78, 5) is 32.8. The lowest BCUT2D eigenvalue weighted by molar-refractivity contribution is -0.258. The van der Waals surface area contributed by atoms with Crippen molar-refractivity contribution in [2.45, 2.75) is 25.2 Å². The average Bonchev–Trinajstić information content (AvgIpc) is 3.15. The van der Waals surface area contributed by atoms with Gasteiger partial charge in [-0.2, -0.15) is 13.2 Å². The lowest BCUT2D eigenvalue weighted by Gasteiger charge is -2.23. The predicted octanol–water partition coefficient (Wildman–Crippen LogP) is 0.708. The first-order chi connectivity index (χ1) is 11.9. The highest BCUT2D eigenvalue weighted by Crippen LogP contribution is 2.40. The third kappa shape index (κ3) is 2.65. The summed E-state index contributed by atoms with van der Waals surface area (Å²) in [6, 6.07) is 0. The van der Waals surface area contributed by atoms with Crippen molar-refractivity contribution in [3.8, 4) is 0 Å². The van der Waals surface area contributed by atoms with Gasteiger partial charge in [-0.3, -0.25) is 13.9 Å². The highest BCUT2D eigenvalue weighted by molar-refractivity contribution is 7.11. The van der Waals surface area contributed by atoms with Crippen molar-refractivity contribution >= 4 is 22.5 Å². The summed E-state index contributed by atoms with van der Waals surface area (Å²) in [5.74, 6) is 0. The van der Waals surface area contributed by atoms with Crippen LogP contribution in [0.5, 0.6) is 0 Å². The van der Waals surface area contributed by atoms with Crippen molar-refractivity contribution in [1.29, 1.82) is 0 Å². The lowest BCUT2D eigenvalue weighted by Crippen LogP contribution is -2.39. The second-order valence-electron chi connectivity index (χ2n) is 5.96. The van der Waals surface area contributed by atoms with Gasteiger partial charge < -0.3 is 9.67 Å². The van der Waals surface area contributed by atoms with Crippen molar-refractivity contribution < 1.29 is 18.3 Å². The van der Waals surface area contributed by atoms with E-state index < -0.39 is 28.0 Å². The highest BCUT2D eigenvalue weighted by atomic mass is 32.1. The molecule has 3 heterocycles. The second-order valence-corrected chi connectivity index (χ2v) is 7.08. The van der Waals surface area contributed by atoms with Crippen molar-refractivity contribution in [1.82, 2.24) is 23.7 Å². The van der Waals surface area contributed by atoms with Crippen LogP contribution in [0.4, 0.5) is 13.2 Å². The zero-order chi connectivity index (χ0) is 19.4. The topological polar surface area (TPSA) is 94.9 Å². The van der Waals surface area contributed by atoms with E-state index in [-0.39, 0.29) is 22.6 Å². The van der Waals surface area contributed by atoms with E-state index in [4.69, 9.17) is 0 Å². The van der Waals surface area contributed by atoms with Gasteiger partial charge in [-0.1, -0.05) is 0 Å². The van der Waals surface area contributed by atoms with Crippen molar-refractivity contribution in [3.05, 3.63) is 43.2 Å². The molecule has 140 valence electrons. The molecule has 0 aliphatic rings. The number of imidazole rings is 1. The molecule has 0 radical (unpaired) electrons. The van der Waals surface area contributed by atoms with Crippen LogP contribution in [0.25, 0.3) is 11.2 Å². The van der Waals surface area contributed by atoms with Crippen LogP contribution in [0.2, 0.25) is 0 Å². The van der Waals surface area contributed by atoms with Crippen molar-refractivity contribution in [2.24, 2.45) is 14.1 Å². The van der Waals surface area contributed by atoms with Gasteiger partial charge in [0.05, 0.1) is 12.9 Å². The predicted molar refractivity (Wildman–Crippen MR) is 87.1 cm³/mol. The Labute approximate surface area is 147 Å². The molecule has 1 unspecified atom stereocenters. The maximum atomic E-state index is 12.9. The Morgan fingerprint density at radius 1 is 1.23 bits per heavy atom. The molecule has 3 aromatic heterocycles. The molecule has 3 rings (SSSR count). The molecule has 0 amide bonds. The number of aromatic nitrogens is 5. The van der Waals surface area contributed by atoms with Crippen LogP contribution in [-0.4, -0.2) is 35.0 Å². The summed E-state index contributed by atoms with van der Waals surface area (Å²) < 4.78 is 42.3. The van der Waals surface area contributed by atoms with E-state index in [1.807, 2.05) is 0 Å². The van der Waals surface area contributed by atoms with E-state index in [1.165, 1.54) is 22.5 Å². The Balaban J connectivity index is 2.08. The Morgan fingerprint density at radius 3 is 2.50 bits per heavy atom. The zero-order valence-electron chi connectivity index (χ0n) is 13.9. The molecule has 0 saturated carbocycles. The maximum absolute atomic E-state index is 12.9. The molecule has 0 bridgehead atoms. The van der Waals surface area contributed by atoms with Crippen LogP contribution >= 0.6 is 11.3 Å². The number of alkyl halides is 3. The average molecular weight is 389 g/mol. The number of nitrogens with zero attached hydrogens (tertiary/aromatic N) is 5. The van der Waals surface area contributed by atoms with Crippen LogP contribution in [0, 0.1) is 0 Å². The Morgan fingerprint density at radius 2 is 1.88 bits per heavy atom. The van der Waals surface area contributed by atoms with Crippen LogP contribution < -0.4 is 11.2 Å². The van der Waals surface area contributed by atoms with E-state index >= 15 is 0 Å². The fourth-order valence-corrected chi connectivity index (χ4v) is 3.39. The molecule has 8 nitrogen and oxygen atoms in total. The number of halogens is 3. The van der Waals surface area contributed by atoms with E-state index in [0.717, 1.165) is 10.8 Å². The molecular formula is C14H14F3N5O3S. The maximum Gasteiger partial charge on any atom is 0.423 e. The van der Waals surface area contributed by atoms with E-state index in [0.29, 0.717) is 18.3 Å². The Bertz CT molecular complexity index is 1110. The van der Waals surface area contributed by atoms with Gasteiger partial charge in [-0.25, -0.2) is 14.8 Å². The summed E-state index contributed by atoms with van der Waals surface area (Å²) in [5.41, 5.74) is -3.97. The number of hydrogen-bond donors (Lipinski definition) is 1. The Kier molecular flexibility index (Phi) is 4.07. The van der Waals surface area contributed by atoms with Gasteiger partial charge in [0.1, 0.15) is 5.01 Å². The monoisotopic (exact) mass is 389 g/mol. The van der Waals surface area contributed by atoms with Gasteiger partial charge in [0.15, 0.2) is 11.2 Å². The third-order valence-electron chi connectivity index (χ3n) is 4.04. The molecule has 0 spiro atoms. The zero-order valence-corrected chi connectivity index (χ0v) is 14.7. The number of thiazole rings is 1. The van der Waals surface area contributed by atoms with Gasteiger partial charge in [-0.15, -0.1) is 11.3 Å². The summed E-state index contributed by atoms with van der Waals surface area (Å²) in [6.45, 7) is 0.334. The molecule has 0 saturated heterocycles. The minimum Gasteiger partial charge on any atom is -0.375 e. The highest BCUT2D eigenvalue weighted by Gasteiger charge is 2.53. The fraction of sp³-hybridized carbons (Fsp3) is 0.429. The first kappa shape index (κ1) is 18.3. The molecule has 3 aromatic rings. The third-order valence-corrected chi connectivity index (χ3v) is 5.23. The summed E-state index contributed by atoms with van der Waals surface area (Å²) in [5, 5.41) is 9.12. The quantitative estimate of drug-likeness (QED) is 0.712. The normalized spacial score (nSPS) is 14.7. The van der Waals surface area contributed by atoms with Crippen LogP contribution in [0.15, 0.2) is 22.1 Å². The molecule has 1 atom stereocenters. The van der Waals surface area contributed by atoms with Gasteiger partial charge in [-0.05, 0) is 6.92 Å². The number of fused-ring (bicyclic) bond motifs is 1. The fourth-order valence-electron chi connectivity index (χ4n) is 2.42. The molecule has 26 heavy (non-hydrogen) atoms. The molecule has 12 heteroatoms. The molecule has 0 aliphatic carbocycles. The number of aliphatic hydroxyl groups is 1. The molecule has 1 N–H and O–H groups in total. The Hall–Kier alpha value is -2.47. The van der Waals surface area contributed by atoms with Crippen LogP contribution in [-0.2, 0) is 26.2 Å². The first-order valence-corrected chi connectivity index (χ1v) is 8.12. The second kappa shape index (κ2) is 5.77. The molecule has 0 aliphatic heterocycles. The van der Waals surface area contributed by atoms with E-state index in [1.54, 1.807) is 7.05 Å². The first-order valence-electron chi connectivity index (χ1n) is 7.30. The minimum atomic E-state index is -4.90. The lowest BCUT2D eigenvalue weighted by atomic mass is 10.1. The van der Waals surface area contributed by atoms with Crippen molar-refractivity contribution in [2.75, 3.05) is 0 Å². The number of rotatable bonds is 3. The summed E-state index contributed by atoms with van der Waals surface area (Å²) in [7, 11) is 3.04. The van der Waals surface area contributed by atoms with Gasteiger partial charge in [0, 0.05) is 25.2 Å². The van der Waals surface area contributed by atoms with Crippen LogP contribution in [0.1, 0.15) is 16.8 Å². The van der Waals surface area contributed by atoms with Crippen LogP contribution in [0.3, 0.4) is 0 Å². The van der Waals surface area contributed by atoms with Gasteiger partial charge in [0.2, 0.25) is 5.60 Å². The SMILES string of the molecule is Cn1cnc2c1c(=O)n(Cc1cnc(C(C)(O)C(F)(F)F)s1)c(=O)n2C.